The first-order valence-corrected chi connectivity index (χ1v) is 11.1. The van der Waals surface area contributed by atoms with Crippen LogP contribution in [0.3, 0.4) is 0 Å². The highest BCUT2D eigenvalue weighted by molar-refractivity contribution is 7.09. The van der Waals surface area contributed by atoms with Crippen molar-refractivity contribution in [2.75, 3.05) is 20.8 Å². The smallest absolute Gasteiger partial charge is 0.360 e. The molecular formula is C22H25N5O4S. The van der Waals surface area contributed by atoms with E-state index in [9.17, 15) is 9.59 Å². The van der Waals surface area contributed by atoms with E-state index in [0.29, 0.717) is 26.1 Å². The van der Waals surface area contributed by atoms with Crippen LogP contribution in [0.1, 0.15) is 33.4 Å². The number of esters is 1. The molecule has 0 saturated carbocycles. The van der Waals surface area contributed by atoms with E-state index in [-0.39, 0.29) is 23.7 Å². The molecule has 0 unspecified atom stereocenters. The Kier molecular flexibility index (Phi) is 6.81. The van der Waals surface area contributed by atoms with Gasteiger partial charge in [-0.3, -0.25) is 9.69 Å². The maximum Gasteiger partial charge on any atom is 0.360 e. The van der Waals surface area contributed by atoms with Crippen molar-refractivity contribution in [2.24, 2.45) is 0 Å². The molecule has 2 atom stereocenters. The lowest BCUT2D eigenvalue weighted by atomic mass is 10.1. The molecule has 1 N–H and O–H groups in total. The van der Waals surface area contributed by atoms with E-state index in [0.717, 1.165) is 16.2 Å². The number of thiophene rings is 1. The van der Waals surface area contributed by atoms with Gasteiger partial charge in [0.1, 0.15) is 5.75 Å². The molecule has 4 rings (SSSR count). The number of methoxy groups -OCH3 is 2. The number of ether oxygens (including phenoxy) is 2. The number of carbonyl (C=O) groups excluding carboxylic acids is 2. The van der Waals surface area contributed by atoms with Crippen molar-refractivity contribution in [3.63, 3.8) is 0 Å². The number of carbonyl (C=O) groups is 2. The summed E-state index contributed by atoms with van der Waals surface area (Å²) >= 11 is 1.61. The normalized spacial score (nSPS) is 18.4. The van der Waals surface area contributed by atoms with Gasteiger partial charge in [-0.25, -0.2) is 9.48 Å². The molecule has 0 radical (unpaired) electrons. The van der Waals surface area contributed by atoms with E-state index in [1.807, 2.05) is 41.8 Å². The number of hydrogen-bond donors (Lipinski definition) is 1. The number of para-hydroxylation sites is 1. The van der Waals surface area contributed by atoms with Gasteiger partial charge in [0.2, 0.25) is 5.91 Å². The van der Waals surface area contributed by atoms with Crippen LogP contribution in [0.5, 0.6) is 5.75 Å². The van der Waals surface area contributed by atoms with Gasteiger partial charge in [-0.2, -0.15) is 0 Å². The summed E-state index contributed by atoms with van der Waals surface area (Å²) < 4.78 is 11.9. The minimum Gasteiger partial charge on any atom is -0.496 e. The zero-order chi connectivity index (χ0) is 22.5. The Hall–Kier alpha value is -3.24. The molecule has 1 aliphatic rings. The van der Waals surface area contributed by atoms with Crippen molar-refractivity contribution in [3.05, 3.63) is 64.1 Å². The fourth-order valence-corrected chi connectivity index (χ4v) is 4.57. The molecule has 32 heavy (non-hydrogen) atoms. The molecule has 2 aromatic heterocycles. The lowest BCUT2D eigenvalue weighted by molar-refractivity contribution is -0.125. The second kappa shape index (κ2) is 9.92. The van der Waals surface area contributed by atoms with Crippen LogP contribution < -0.4 is 10.1 Å². The summed E-state index contributed by atoms with van der Waals surface area (Å²) in [5.74, 6) is 0.205. The van der Waals surface area contributed by atoms with Gasteiger partial charge in [0.15, 0.2) is 5.69 Å². The van der Waals surface area contributed by atoms with E-state index in [1.165, 1.54) is 7.11 Å². The minimum absolute atomic E-state index is 0.0379. The van der Waals surface area contributed by atoms with Crippen LogP contribution in [0.25, 0.3) is 0 Å². The van der Waals surface area contributed by atoms with Gasteiger partial charge in [0.05, 0.1) is 39.0 Å². The van der Waals surface area contributed by atoms with Gasteiger partial charge in [-0.1, -0.05) is 29.5 Å². The highest BCUT2D eigenvalue weighted by Gasteiger charge is 2.38. The number of benzene rings is 1. The maximum atomic E-state index is 13.1. The Morgan fingerprint density at radius 1 is 1.22 bits per heavy atom. The molecule has 3 aromatic rings. The lowest BCUT2D eigenvalue weighted by Gasteiger charge is -2.24. The average molecular weight is 456 g/mol. The average Bonchev–Trinajstić information content (AvgIpc) is 3.58. The Bertz CT molecular complexity index is 1070. The predicted molar refractivity (Wildman–Crippen MR) is 118 cm³/mol. The van der Waals surface area contributed by atoms with Gasteiger partial charge in [0, 0.05) is 23.5 Å². The molecule has 1 fully saturated rings. The number of hydrogen-bond acceptors (Lipinski definition) is 8. The fraction of sp³-hybridized carbons (Fsp3) is 0.364. The zero-order valence-corrected chi connectivity index (χ0v) is 18.7. The van der Waals surface area contributed by atoms with Crippen LogP contribution in [0.15, 0.2) is 48.0 Å². The van der Waals surface area contributed by atoms with Crippen molar-refractivity contribution in [2.45, 2.75) is 31.6 Å². The molecule has 10 heteroatoms. The minimum atomic E-state index is -0.537. The van der Waals surface area contributed by atoms with Crippen LogP contribution in [-0.2, 0) is 22.6 Å². The summed E-state index contributed by atoms with van der Waals surface area (Å²) in [5, 5.41) is 13.1. The van der Waals surface area contributed by atoms with Crippen LogP contribution in [-0.4, -0.2) is 58.6 Å². The van der Waals surface area contributed by atoms with Gasteiger partial charge in [0.25, 0.3) is 0 Å². The van der Waals surface area contributed by atoms with E-state index in [2.05, 4.69) is 20.5 Å². The monoisotopic (exact) mass is 455 g/mol. The summed E-state index contributed by atoms with van der Waals surface area (Å²) in [5.41, 5.74) is 1.15. The third-order valence-corrected chi connectivity index (χ3v) is 6.42. The first kappa shape index (κ1) is 22.0. The molecule has 1 amide bonds. The van der Waals surface area contributed by atoms with Gasteiger partial charge < -0.3 is 14.8 Å². The summed E-state index contributed by atoms with van der Waals surface area (Å²) in [6, 6.07) is 11.3. The van der Waals surface area contributed by atoms with Crippen molar-refractivity contribution in [3.8, 4) is 5.75 Å². The third-order valence-electron chi connectivity index (χ3n) is 5.55. The molecular weight excluding hydrogens is 430 g/mol. The summed E-state index contributed by atoms with van der Waals surface area (Å²) in [4.78, 5) is 28.1. The van der Waals surface area contributed by atoms with E-state index >= 15 is 0 Å². The topological polar surface area (TPSA) is 98.6 Å². The lowest BCUT2D eigenvalue weighted by Crippen LogP contribution is -2.42. The second-order valence-electron chi connectivity index (χ2n) is 7.52. The number of amides is 1. The number of likely N-dealkylation sites (tertiary alicyclic amines) is 1. The molecule has 1 aromatic carbocycles. The van der Waals surface area contributed by atoms with Crippen LogP contribution in [0.2, 0.25) is 0 Å². The van der Waals surface area contributed by atoms with Crippen LogP contribution in [0.4, 0.5) is 0 Å². The highest BCUT2D eigenvalue weighted by Crippen LogP contribution is 2.31. The Morgan fingerprint density at radius 2 is 2.06 bits per heavy atom. The van der Waals surface area contributed by atoms with Crippen molar-refractivity contribution < 1.29 is 19.1 Å². The van der Waals surface area contributed by atoms with E-state index < -0.39 is 5.97 Å². The largest absolute Gasteiger partial charge is 0.496 e. The quantitative estimate of drug-likeness (QED) is 0.520. The molecule has 0 aliphatic carbocycles. The Labute approximate surface area is 189 Å². The molecule has 3 heterocycles. The maximum absolute atomic E-state index is 13.1. The second-order valence-corrected chi connectivity index (χ2v) is 8.55. The zero-order valence-electron chi connectivity index (χ0n) is 17.9. The first-order chi connectivity index (χ1) is 15.6. The standard InChI is InChI=1S/C22H25N5O4S/c1-30-20-8-4-3-6-15(20)12-26-13-16(27-14-18(24-25-27)22(29)31-2)10-19(26)21(28)23-11-17-7-5-9-32-17/h3-9,14,16,19H,10-13H2,1-2H3,(H,23,28)/t16-,19+/m1/s1. The Morgan fingerprint density at radius 3 is 2.81 bits per heavy atom. The summed E-state index contributed by atoms with van der Waals surface area (Å²) in [6.07, 6.45) is 2.12. The molecule has 1 aliphatic heterocycles. The first-order valence-electron chi connectivity index (χ1n) is 10.2. The molecule has 0 spiro atoms. The molecule has 0 bridgehead atoms. The molecule has 168 valence electrons. The third kappa shape index (κ3) is 4.81. The summed E-state index contributed by atoms with van der Waals surface area (Å²) in [7, 11) is 2.94. The number of aromatic nitrogens is 3. The number of nitrogens with zero attached hydrogens (tertiary/aromatic N) is 4. The molecule has 9 nitrogen and oxygen atoms in total. The SMILES string of the molecule is COC(=O)c1cn([C@@H]2C[C@@H](C(=O)NCc3cccs3)N(Cc3ccccc3OC)C2)nn1. The van der Waals surface area contributed by atoms with Crippen molar-refractivity contribution in [1.29, 1.82) is 0 Å². The number of nitrogens with one attached hydrogen (secondary N) is 1. The van der Waals surface area contributed by atoms with Gasteiger partial charge >= 0.3 is 5.97 Å². The van der Waals surface area contributed by atoms with Crippen molar-refractivity contribution in [1.82, 2.24) is 25.2 Å². The van der Waals surface area contributed by atoms with E-state index in [1.54, 1.807) is 29.3 Å². The van der Waals surface area contributed by atoms with Gasteiger partial charge in [-0.15, -0.1) is 16.4 Å². The highest BCUT2D eigenvalue weighted by atomic mass is 32.1. The van der Waals surface area contributed by atoms with Crippen LogP contribution >= 0.6 is 11.3 Å². The summed E-state index contributed by atoms with van der Waals surface area (Å²) in [6.45, 7) is 1.63. The fourth-order valence-electron chi connectivity index (χ4n) is 3.93. The van der Waals surface area contributed by atoms with Gasteiger partial charge in [-0.05, 0) is 23.9 Å². The number of rotatable bonds is 8. The molecule has 1 saturated heterocycles. The Balaban J connectivity index is 1.53. The predicted octanol–water partition coefficient (Wildman–Crippen LogP) is 2.27. The van der Waals surface area contributed by atoms with Crippen LogP contribution in [0, 0.1) is 0 Å². The van der Waals surface area contributed by atoms with Crippen molar-refractivity contribution >= 4 is 23.2 Å². The van der Waals surface area contributed by atoms with E-state index in [4.69, 9.17) is 9.47 Å².